The van der Waals surface area contributed by atoms with Crippen LogP contribution in [0.15, 0.2) is 88.1 Å². The number of amides is 1. The number of anilines is 1. The summed E-state index contributed by atoms with van der Waals surface area (Å²) in [6, 6.07) is 21.2. The first-order valence-electron chi connectivity index (χ1n) is 8.71. The molecule has 1 N–H and O–H groups in total. The van der Waals surface area contributed by atoms with E-state index >= 15 is 0 Å². The van der Waals surface area contributed by atoms with E-state index in [-0.39, 0.29) is 11.4 Å². The molecule has 1 aromatic heterocycles. The van der Waals surface area contributed by atoms with Crippen LogP contribution >= 0.6 is 0 Å². The summed E-state index contributed by atoms with van der Waals surface area (Å²) < 4.78 is 5.34. The van der Waals surface area contributed by atoms with Gasteiger partial charge in [-0.3, -0.25) is 14.9 Å². The Labute approximate surface area is 164 Å². The molecule has 4 aromatic rings. The minimum atomic E-state index is -0.558. The number of nitrogens with zero attached hydrogens (tertiary/aromatic N) is 1. The maximum atomic E-state index is 12.5. The van der Waals surface area contributed by atoms with E-state index in [0.717, 1.165) is 5.39 Å². The van der Waals surface area contributed by atoms with Crippen molar-refractivity contribution in [2.45, 2.75) is 0 Å². The van der Waals surface area contributed by atoms with E-state index in [1.165, 1.54) is 18.2 Å². The van der Waals surface area contributed by atoms with Crippen molar-refractivity contribution in [2.24, 2.45) is 0 Å². The third-order valence-electron chi connectivity index (χ3n) is 4.45. The predicted molar refractivity (Wildman–Crippen MR) is 109 cm³/mol. The van der Waals surface area contributed by atoms with Crippen molar-refractivity contribution in [1.29, 1.82) is 0 Å². The Balaban J connectivity index is 1.62. The summed E-state index contributed by atoms with van der Waals surface area (Å²) in [6.45, 7) is 0. The predicted octanol–water partition coefficient (Wildman–Crippen LogP) is 4.62. The van der Waals surface area contributed by atoms with Crippen LogP contribution in [-0.2, 0) is 0 Å². The van der Waals surface area contributed by atoms with Crippen LogP contribution in [0.5, 0.6) is 0 Å². The van der Waals surface area contributed by atoms with E-state index in [0.29, 0.717) is 22.3 Å². The third-order valence-corrected chi connectivity index (χ3v) is 4.45. The number of rotatable bonds is 4. The highest BCUT2D eigenvalue weighted by molar-refractivity contribution is 6.05. The molecule has 0 bridgehead atoms. The van der Waals surface area contributed by atoms with Crippen LogP contribution in [-0.4, -0.2) is 10.8 Å². The molecular weight excluding hydrogens is 372 g/mol. The second-order valence-electron chi connectivity index (χ2n) is 6.29. The highest BCUT2D eigenvalue weighted by Gasteiger charge is 2.16. The Hall–Kier alpha value is -4.26. The molecule has 0 atom stereocenters. The summed E-state index contributed by atoms with van der Waals surface area (Å²) in [4.78, 5) is 35.3. The van der Waals surface area contributed by atoms with Gasteiger partial charge in [-0.2, -0.15) is 0 Å². The zero-order valence-electron chi connectivity index (χ0n) is 15.0. The number of nitrogens with one attached hydrogen (secondary N) is 1. The molecule has 0 fully saturated rings. The third kappa shape index (κ3) is 3.61. The average Bonchev–Trinajstić information content (AvgIpc) is 2.73. The zero-order valence-corrected chi connectivity index (χ0v) is 15.0. The molecule has 142 valence electrons. The fourth-order valence-corrected chi connectivity index (χ4v) is 3.00. The number of nitro groups is 1. The lowest BCUT2D eigenvalue weighted by molar-refractivity contribution is -0.383. The van der Waals surface area contributed by atoms with Crippen LogP contribution in [0.25, 0.3) is 22.1 Å². The van der Waals surface area contributed by atoms with Crippen LogP contribution < -0.4 is 10.9 Å². The monoisotopic (exact) mass is 386 g/mol. The molecule has 0 unspecified atom stereocenters. The van der Waals surface area contributed by atoms with Crippen LogP contribution in [0.3, 0.4) is 0 Å². The molecule has 7 nitrogen and oxygen atoms in total. The highest BCUT2D eigenvalue weighted by Crippen LogP contribution is 2.25. The van der Waals surface area contributed by atoms with Crippen molar-refractivity contribution >= 4 is 28.3 Å². The first-order chi connectivity index (χ1) is 14.0. The highest BCUT2D eigenvalue weighted by atomic mass is 16.6. The first-order valence-corrected chi connectivity index (χ1v) is 8.71. The second-order valence-corrected chi connectivity index (χ2v) is 6.29. The van der Waals surface area contributed by atoms with E-state index in [2.05, 4.69) is 5.32 Å². The summed E-state index contributed by atoms with van der Waals surface area (Å²) in [5.41, 5.74) is 1.24. The molecular formula is C22H14N2O5. The summed E-state index contributed by atoms with van der Waals surface area (Å²) in [7, 11) is 0. The minimum Gasteiger partial charge on any atom is -0.422 e. The number of fused-ring (bicyclic) bond motifs is 1. The number of carbonyl (C=O) groups is 1. The molecule has 0 saturated heterocycles. The van der Waals surface area contributed by atoms with Gasteiger partial charge in [0.05, 0.1) is 10.5 Å². The van der Waals surface area contributed by atoms with Crippen LogP contribution in [0.1, 0.15) is 10.4 Å². The average molecular weight is 386 g/mol. The molecule has 3 aromatic carbocycles. The Morgan fingerprint density at radius 1 is 0.931 bits per heavy atom. The summed E-state index contributed by atoms with van der Waals surface area (Å²) >= 11 is 0. The van der Waals surface area contributed by atoms with Gasteiger partial charge in [0.15, 0.2) is 0 Å². The lowest BCUT2D eigenvalue weighted by Crippen LogP contribution is -2.13. The maximum absolute atomic E-state index is 12.5. The SMILES string of the molecule is O=C(Nc1ccccc1[N+](=O)[O-])c1ccc(-c2cc3ccccc3oc2=O)cc1. The number of carbonyl (C=O) groups excluding carboxylic acids is 1. The smallest absolute Gasteiger partial charge is 0.344 e. The van der Waals surface area contributed by atoms with Gasteiger partial charge in [0.1, 0.15) is 11.3 Å². The van der Waals surface area contributed by atoms with Crippen molar-refractivity contribution < 1.29 is 14.1 Å². The van der Waals surface area contributed by atoms with Gasteiger partial charge in [0, 0.05) is 17.0 Å². The lowest BCUT2D eigenvalue weighted by Gasteiger charge is -2.07. The molecule has 0 aliphatic carbocycles. The molecule has 0 radical (unpaired) electrons. The number of benzene rings is 3. The largest absolute Gasteiger partial charge is 0.422 e. The molecule has 0 saturated carbocycles. The molecule has 29 heavy (non-hydrogen) atoms. The van der Waals surface area contributed by atoms with Crippen LogP contribution in [0.4, 0.5) is 11.4 Å². The van der Waals surface area contributed by atoms with E-state index in [1.807, 2.05) is 12.1 Å². The number of para-hydroxylation sites is 3. The Kier molecular flexibility index (Phi) is 4.62. The molecule has 0 aliphatic heterocycles. The molecule has 1 amide bonds. The minimum absolute atomic E-state index is 0.113. The van der Waals surface area contributed by atoms with Crippen molar-refractivity contribution in [2.75, 3.05) is 5.32 Å². The van der Waals surface area contributed by atoms with Gasteiger partial charge in [-0.25, -0.2) is 4.79 Å². The fraction of sp³-hybridized carbons (Fsp3) is 0. The molecule has 0 aliphatic rings. The van der Waals surface area contributed by atoms with E-state index in [4.69, 9.17) is 4.42 Å². The van der Waals surface area contributed by atoms with Gasteiger partial charge in [-0.05, 0) is 35.9 Å². The van der Waals surface area contributed by atoms with Gasteiger partial charge in [-0.1, -0.05) is 42.5 Å². The fourth-order valence-electron chi connectivity index (χ4n) is 3.00. The molecule has 4 rings (SSSR count). The molecule has 7 heteroatoms. The van der Waals surface area contributed by atoms with E-state index in [9.17, 15) is 19.7 Å². The van der Waals surface area contributed by atoms with Crippen molar-refractivity contribution in [1.82, 2.24) is 0 Å². The van der Waals surface area contributed by atoms with E-state index < -0.39 is 16.5 Å². The molecule has 1 heterocycles. The van der Waals surface area contributed by atoms with Gasteiger partial charge in [-0.15, -0.1) is 0 Å². The normalized spacial score (nSPS) is 10.6. The van der Waals surface area contributed by atoms with Crippen molar-refractivity contribution in [3.05, 3.63) is 105 Å². The van der Waals surface area contributed by atoms with Crippen LogP contribution in [0, 0.1) is 10.1 Å². The quantitative estimate of drug-likeness (QED) is 0.313. The Bertz CT molecular complexity index is 1290. The van der Waals surface area contributed by atoms with Gasteiger partial charge >= 0.3 is 5.63 Å². The van der Waals surface area contributed by atoms with Gasteiger partial charge in [0.25, 0.3) is 11.6 Å². The standard InChI is InChI=1S/C22H14N2O5/c25-21(23-18-6-2-3-7-19(18)24(27)28)15-11-9-14(10-12-15)17-13-16-5-1-4-8-20(16)29-22(17)26/h1-13H,(H,23,25). The Morgan fingerprint density at radius 3 is 2.38 bits per heavy atom. The maximum Gasteiger partial charge on any atom is 0.344 e. The summed E-state index contributed by atoms with van der Waals surface area (Å²) in [5.74, 6) is -0.489. The molecule has 0 spiro atoms. The number of hydrogen-bond acceptors (Lipinski definition) is 5. The van der Waals surface area contributed by atoms with Crippen molar-refractivity contribution in [3.8, 4) is 11.1 Å². The van der Waals surface area contributed by atoms with Crippen LogP contribution in [0.2, 0.25) is 0 Å². The second kappa shape index (κ2) is 7.40. The Morgan fingerprint density at radius 2 is 1.62 bits per heavy atom. The van der Waals surface area contributed by atoms with Gasteiger partial charge in [0.2, 0.25) is 0 Å². The summed E-state index contributed by atoms with van der Waals surface area (Å²) in [5, 5.41) is 14.4. The zero-order chi connectivity index (χ0) is 20.4. The van der Waals surface area contributed by atoms with E-state index in [1.54, 1.807) is 48.5 Å². The topological polar surface area (TPSA) is 102 Å². The lowest BCUT2D eigenvalue weighted by atomic mass is 10.0. The number of nitro benzene ring substituents is 1. The first kappa shape index (κ1) is 18.1. The van der Waals surface area contributed by atoms with Gasteiger partial charge < -0.3 is 9.73 Å². The number of hydrogen-bond donors (Lipinski definition) is 1. The van der Waals surface area contributed by atoms with Crippen molar-refractivity contribution in [3.63, 3.8) is 0 Å². The summed E-state index contributed by atoms with van der Waals surface area (Å²) in [6.07, 6.45) is 0.